The van der Waals surface area contributed by atoms with Gasteiger partial charge in [-0.15, -0.1) is 0 Å². The van der Waals surface area contributed by atoms with Crippen LogP contribution in [0.5, 0.6) is 0 Å². The molecule has 1 unspecified atom stereocenters. The van der Waals surface area contributed by atoms with Crippen LogP contribution in [0.15, 0.2) is 43.0 Å². The zero-order chi connectivity index (χ0) is 15.2. The summed E-state index contributed by atoms with van der Waals surface area (Å²) in [5, 5.41) is 15.3. The molecule has 0 aliphatic rings. The van der Waals surface area contributed by atoms with Crippen LogP contribution in [-0.2, 0) is 9.59 Å². The van der Waals surface area contributed by atoms with Crippen molar-refractivity contribution in [2.75, 3.05) is 5.32 Å². The number of anilines is 1. The summed E-state index contributed by atoms with van der Waals surface area (Å²) >= 11 is 0. The predicted molar refractivity (Wildman–Crippen MR) is 76.5 cm³/mol. The van der Waals surface area contributed by atoms with E-state index in [2.05, 4.69) is 15.4 Å². The number of carbonyl (C=O) groups excluding carboxylic acids is 1. The molecule has 1 amide bonds. The third-order valence-electron chi connectivity index (χ3n) is 2.79. The Morgan fingerprint density at radius 1 is 1.43 bits per heavy atom. The highest BCUT2D eigenvalue weighted by atomic mass is 16.4. The van der Waals surface area contributed by atoms with E-state index < -0.39 is 12.0 Å². The van der Waals surface area contributed by atoms with E-state index >= 15 is 0 Å². The van der Waals surface area contributed by atoms with E-state index in [-0.39, 0.29) is 5.91 Å². The van der Waals surface area contributed by atoms with Gasteiger partial charge in [-0.05, 0) is 30.7 Å². The molecule has 2 aromatic rings. The third-order valence-corrected chi connectivity index (χ3v) is 2.79. The summed E-state index contributed by atoms with van der Waals surface area (Å²) in [4.78, 5) is 26.4. The number of nitrogens with zero attached hydrogens (tertiary/aromatic N) is 3. The normalized spacial score (nSPS) is 12.2. The SMILES string of the molecule is CC(C(=O)Nc1cccc(/C=C/C(=O)O)c1)n1cncn1. The zero-order valence-electron chi connectivity index (χ0n) is 11.3. The Hall–Kier alpha value is -2.96. The first kappa shape index (κ1) is 14.4. The van der Waals surface area contributed by atoms with Crippen LogP contribution in [-0.4, -0.2) is 31.7 Å². The minimum atomic E-state index is -1.02. The average molecular weight is 286 g/mol. The Balaban J connectivity index is 2.07. The number of benzene rings is 1. The Kier molecular flexibility index (Phi) is 4.45. The van der Waals surface area contributed by atoms with Gasteiger partial charge < -0.3 is 10.4 Å². The number of nitrogens with one attached hydrogen (secondary N) is 1. The van der Waals surface area contributed by atoms with Crippen LogP contribution in [0.25, 0.3) is 6.08 Å². The lowest BCUT2D eigenvalue weighted by Gasteiger charge is -2.12. The Labute approximate surface area is 120 Å². The first-order valence-corrected chi connectivity index (χ1v) is 6.22. The minimum Gasteiger partial charge on any atom is -0.478 e. The maximum Gasteiger partial charge on any atom is 0.328 e. The largest absolute Gasteiger partial charge is 0.478 e. The van der Waals surface area contributed by atoms with Gasteiger partial charge in [-0.3, -0.25) is 4.79 Å². The highest BCUT2D eigenvalue weighted by Gasteiger charge is 2.15. The van der Waals surface area contributed by atoms with E-state index in [1.165, 1.54) is 23.4 Å². The van der Waals surface area contributed by atoms with Gasteiger partial charge in [0.25, 0.3) is 0 Å². The topological polar surface area (TPSA) is 97.1 Å². The number of amides is 1. The molecule has 7 nitrogen and oxygen atoms in total. The average Bonchev–Trinajstić information content (AvgIpc) is 2.98. The summed E-state index contributed by atoms with van der Waals surface area (Å²) in [5.74, 6) is -1.26. The molecule has 0 radical (unpaired) electrons. The van der Waals surface area contributed by atoms with Gasteiger partial charge in [-0.25, -0.2) is 14.5 Å². The Bertz CT molecular complexity index is 665. The van der Waals surface area contributed by atoms with Crippen molar-refractivity contribution in [1.29, 1.82) is 0 Å². The van der Waals surface area contributed by atoms with Gasteiger partial charge in [-0.2, -0.15) is 5.10 Å². The lowest BCUT2D eigenvalue weighted by Crippen LogP contribution is -2.24. The van der Waals surface area contributed by atoms with Crippen LogP contribution < -0.4 is 5.32 Å². The third kappa shape index (κ3) is 4.00. The number of aliphatic carboxylic acids is 1. The molecule has 1 heterocycles. The van der Waals surface area contributed by atoms with Crippen LogP contribution in [0.2, 0.25) is 0 Å². The number of carboxylic acids is 1. The smallest absolute Gasteiger partial charge is 0.328 e. The van der Waals surface area contributed by atoms with Crippen LogP contribution >= 0.6 is 0 Å². The molecule has 1 atom stereocenters. The van der Waals surface area contributed by atoms with Crippen molar-refractivity contribution < 1.29 is 14.7 Å². The molecule has 2 N–H and O–H groups in total. The van der Waals surface area contributed by atoms with Crippen molar-refractivity contribution in [3.63, 3.8) is 0 Å². The van der Waals surface area contributed by atoms with Gasteiger partial charge in [0.2, 0.25) is 5.91 Å². The first-order chi connectivity index (χ1) is 10.1. The molecule has 2 rings (SSSR count). The van der Waals surface area contributed by atoms with Crippen molar-refractivity contribution >= 4 is 23.6 Å². The van der Waals surface area contributed by atoms with E-state index in [0.29, 0.717) is 11.3 Å². The van der Waals surface area contributed by atoms with E-state index in [1.54, 1.807) is 31.2 Å². The van der Waals surface area contributed by atoms with E-state index in [9.17, 15) is 9.59 Å². The molecule has 7 heteroatoms. The first-order valence-electron chi connectivity index (χ1n) is 6.22. The van der Waals surface area contributed by atoms with Crippen molar-refractivity contribution in [3.05, 3.63) is 48.6 Å². The van der Waals surface area contributed by atoms with Crippen LogP contribution in [0.1, 0.15) is 18.5 Å². The summed E-state index contributed by atoms with van der Waals surface area (Å²) in [6, 6.07) is 6.40. The molecule has 0 spiro atoms. The molecule has 0 saturated heterocycles. The predicted octanol–water partition coefficient (Wildman–Crippen LogP) is 1.58. The molecule has 0 saturated carbocycles. The number of carboxylic acid groups (broad SMARTS) is 1. The number of aromatic nitrogens is 3. The monoisotopic (exact) mass is 286 g/mol. The molecule has 21 heavy (non-hydrogen) atoms. The standard InChI is InChI=1S/C14H14N4O3/c1-10(18-9-15-8-16-18)14(21)17-12-4-2-3-11(7-12)5-6-13(19)20/h2-10H,1H3,(H,17,21)(H,19,20)/b6-5+. The number of hydrogen-bond acceptors (Lipinski definition) is 4. The lowest BCUT2D eigenvalue weighted by molar-refractivity contribution is -0.131. The fraction of sp³-hybridized carbons (Fsp3) is 0.143. The summed E-state index contributed by atoms with van der Waals surface area (Å²) in [6.45, 7) is 1.71. The molecule has 1 aromatic heterocycles. The molecular formula is C14H14N4O3. The second-order valence-electron chi connectivity index (χ2n) is 4.34. The molecule has 0 aliphatic carbocycles. The number of rotatable bonds is 5. The maximum absolute atomic E-state index is 12.1. The van der Waals surface area contributed by atoms with Gasteiger partial charge >= 0.3 is 5.97 Å². The summed E-state index contributed by atoms with van der Waals surface area (Å²) in [7, 11) is 0. The van der Waals surface area contributed by atoms with Gasteiger partial charge in [0, 0.05) is 11.8 Å². The quantitative estimate of drug-likeness (QED) is 0.813. The van der Waals surface area contributed by atoms with Crippen LogP contribution in [0, 0.1) is 0 Å². The highest BCUT2D eigenvalue weighted by Crippen LogP contribution is 2.14. The molecule has 108 valence electrons. The van der Waals surface area contributed by atoms with Crippen LogP contribution in [0.4, 0.5) is 5.69 Å². The lowest BCUT2D eigenvalue weighted by atomic mass is 10.2. The van der Waals surface area contributed by atoms with Crippen molar-refractivity contribution in [3.8, 4) is 0 Å². The molecule has 0 bridgehead atoms. The number of carbonyl (C=O) groups is 2. The molecular weight excluding hydrogens is 272 g/mol. The molecule has 0 aliphatic heterocycles. The van der Waals surface area contributed by atoms with E-state index in [0.717, 1.165) is 6.08 Å². The highest BCUT2D eigenvalue weighted by molar-refractivity contribution is 5.93. The Morgan fingerprint density at radius 3 is 2.90 bits per heavy atom. The summed E-state index contributed by atoms with van der Waals surface area (Å²) in [6.07, 6.45) is 5.33. The van der Waals surface area contributed by atoms with E-state index in [1.807, 2.05) is 0 Å². The second kappa shape index (κ2) is 6.47. The van der Waals surface area contributed by atoms with Crippen molar-refractivity contribution in [2.45, 2.75) is 13.0 Å². The summed E-state index contributed by atoms with van der Waals surface area (Å²) < 4.78 is 1.45. The van der Waals surface area contributed by atoms with Crippen molar-refractivity contribution in [2.24, 2.45) is 0 Å². The van der Waals surface area contributed by atoms with Gasteiger partial charge in [0.05, 0.1) is 0 Å². The van der Waals surface area contributed by atoms with Gasteiger partial charge in [0.15, 0.2) is 0 Å². The number of hydrogen-bond donors (Lipinski definition) is 2. The van der Waals surface area contributed by atoms with Crippen LogP contribution in [0.3, 0.4) is 0 Å². The van der Waals surface area contributed by atoms with E-state index in [4.69, 9.17) is 5.11 Å². The van der Waals surface area contributed by atoms with Gasteiger partial charge in [0.1, 0.15) is 18.7 Å². The maximum atomic E-state index is 12.1. The zero-order valence-corrected chi connectivity index (χ0v) is 11.3. The summed E-state index contributed by atoms with van der Waals surface area (Å²) in [5.41, 5.74) is 1.27. The molecule has 0 fully saturated rings. The Morgan fingerprint density at radius 2 is 2.24 bits per heavy atom. The minimum absolute atomic E-state index is 0.236. The fourth-order valence-electron chi connectivity index (χ4n) is 1.67. The molecule has 1 aromatic carbocycles. The fourth-order valence-corrected chi connectivity index (χ4v) is 1.67. The van der Waals surface area contributed by atoms with Crippen molar-refractivity contribution in [1.82, 2.24) is 14.8 Å². The van der Waals surface area contributed by atoms with Gasteiger partial charge in [-0.1, -0.05) is 12.1 Å². The second-order valence-corrected chi connectivity index (χ2v) is 4.34.